The van der Waals surface area contributed by atoms with Crippen LogP contribution in [0.1, 0.15) is 25.0 Å². The molecule has 0 heterocycles. The Labute approximate surface area is 105 Å². The van der Waals surface area contributed by atoms with Gasteiger partial charge in [-0.1, -0.05) is 26.0 Å². The smallest absolute Gasteiger partial charge is 0.0343 e. The highest BCUT2D eigenvalue weighted by Crippen LogP contribution is 2.12. The molecule has 0 bridgehead atoms. The van der Waals surface area contributed by atoms with E-state index in [0.29, 0.717) is 0 Å². The van der Waals surface area contributed by atoms with Gasteiger partial charge >= 0.3 is 0 Å². The Hall–Kier alpha value is -1.06. The predicted octanol–water partition coefficient (Wildman–Crippen LogP) is 2.01. The van der Waals surface area contributed by atoms with Crippen LogP contribution in [0.3, 0.4) is 0 Å². The molecule has 0 unspecified atom stereocenters. The van der Waals surface area contributed by atoms with Crippen LogP contribution < -0.4 is 11.1 Å². The topological polar surface area (TPSA) is 41.3 Å². The second-order valence-corrected chi connectivity index (χ2v) is 4.39. The molecular weight excluding hydrogens is 210 g/mol. The summed E-state index contributed by atoms with van der Waals surface area (Å²) in [4.78, 5) is 2.42. The van der Waals surface area contributed by atoms with Gasteiger partial charge in [0, 0.05) is 25.3 Å². The number of hydrogen-bond acceptors (Lipinski definition) is 3. The van der Waals surface area contributed by atoms with Crippen LogP contribution >= 0.6 is 0 Å². The molecule has 0 aromatic heterocycles. The van der Waals surface area contributed by atoms with Crippen molar-refractivity contribution in [3.8, 4) is 0 Å². The van der Waals surface area contributed by atoms with Crippen molar-refractivity contribution in [1.29, 1.82) is 0 Å². The number of nitrogens with two attached hydrogens (primary N) is 1. The summed E-state index contributed by atoms with van der Waals surface area (Å²) in [5.41, 5.74) is 9.13. The van der Waals surface area contributed by atoms with Gasteiger partial charge in [0.2, 0.25) is 0 Å². The van der Waals surface area contributed by atoms with Gasteiger partial charge in [-0.3, -0.25) is 0 Å². The van der Waals surface area contributed by atoms with Crippen LogP contribution in [-0.4, -0.2) is 31.1 Å². The maximum absolute atomic E-state index is 5.79. The van der Waals surface area contributed by atoms with E-state index in [0.717, 1.165) is 44.0 Å². The molecule has 0 saturated heterocycles. The quantitative estimate of drug-likeness (QED) is 0.561. The number of nitrogens with one attached hydrogen (secondary N) is 1. The van der Waals surface area contributed by atoms with E-state index in [1.165, 1.54) is 5.56 Å². The van der Waals surface area contributed by atoms with Crippen molar-refractivity contribution in [3.05, 3.63) is 29.3 Å². The minimum absolute atomic E-state index is 0.872. The summed E-state index contributed by atoms with van der Waals surface area (Å²) in [6.45, 7) is 11.8. The molecule has 0 atom stereocenters. The first-order valence-corrected chi connectivity index (χ1v) is 6.45. The number of rotatable bonds is 7. The normalized spacial score (nSPS) is 11.1. The Bertz CT molecular complexity index is 332. The zero-order chi connectivity index (χ0) is 12.7. The number of hydrogen-bond donors (Lipinski definition) is 2. The number of benzene rings is 1. The van der Waals surface area contributed by atoms with E-state index < -0.39 is 0 Å². The Kier molecular flexibility index (Phi) is 6.01. The van der Waals surface area contributed by atoms with Crippen molar-refractivity contribution in [2.75, 3.05) is 31.9 Å². The lowest BCUT2D eigenvalue weighted by atomic mass is 10.1. The fourth-order valence-electron chi connectivity index (χ4n) is 1.86. The van der Waals surface area contributed by atoms with Crippen molar-refractivity contribution in [1.82, 2.24) is 10.2 Å². The molecule has 0 aliphatic rings. The lowest BCUT2D eigenvalue weighted by molar-refractivity contribution is 0.302. The lowest BCUT2D eigenvalue weighted by Crippen LogP contribution is -2.31. The molecule has 0 saturated carbocycles. The van der Waals surface area contributed by atoms with Crippen LogP contribution in [0.4, 0.5) is 5.69 Å². The van der Waals surface area contributed by atoms with Gasteiger partial charge in [-0.2, -0.15) is 0 Å². The molecular formula is C14H25N3. The summed E-state index contributed by atoms with van der Waals surface area (Å²) in [7, 11) is 0. The van der Waals surface area contributed by atoms with Crippen molar-refractivity contribution in [2.45, 2.75) is 27.3 Å². The monoisotopic (exact) mass is 235 g/mol. The van der Waals surface area contributed by atoms with Crippen molar-refractivity contribution < 1.29 is 0 Å². The number of nitrogen functional groups attached to an aromatic ring is 1. The summed E-state index contributed by atoms with van der Waals surface area (Å²) in [5.74, 6) is 0. The number of anilines is 1. The second kappa shape index (κ2) is 7.30. The second-order valence-electron chi connectivity index (χ2n) is 4.39. The lowest BCUT2D eigenvalue weighted by Gasteiger charge is -2.18. The van der Waals surface area contributed by atoms with E-state index in [1.807, 2.05) is 6.07 Å². The van der Waals surface area contributed by atoms with Gasteiger partial charge < -0.3 is 16.0 Å². The Balaban J connectivity index is 2.28. The van der Waals surface area contributed by atoms with Gasteiger partial charge in [-0.15, -0.1) is 0 Å². The summed E-state index contributed by atoms with van der Waals surface area (Å²) in [6.07, 6.45) is 0. The van der Waals surface area contributed by atoms with E-state index >= 15 is 0 Å². The molecule has 1 aromatic rings. The fourth-order valence-corrected chi connectivity index (χ4v) is 1.86. The van der Waals surface area contributed by atoms with Crippen LogP contribution in [0.5, 0.6) is 0 Å². The highest BCUT2D eigenvalue weighted by atomic mass is 15.1. The van der Waals surface area contributed by atoms with Crippen LogP contribution in [0.15, 0.2) is 18.2 Å². The summed E-state index contributed by atoms with van der Waals surface area (Å²) < 4.78 is 0. The van der Waals surface area contributed by atoms with E-state index in [2.05, 4.69) is 43.1 Å². The number of aryl methyl sites for hydroxylation is 1. The molecule has 0 radical (unpaired) electrons. The third kappa shape index (κ3) is 4.75. The first-order valence-electron chi connectivity index (χ1n) is 6.45. The zero-order valence-corrected chi connectivity index (χ0v) is 11.3. The first-order chi connectivity index (χ1) is 8.17. The van der Waals surface area contributed by atoms with Crippen LogP contribution in [0.2, 0.25) is 0 Å². The van der Waals surface area contributed by atoms with Crippen molar-refractivity contribution in [2.24, 2.45) is 0 Å². The largest absolute Gasteiger partial charge is 0.399 e. The molecule has 0 amide bonds. The van der Waals surface area contributed by atoms with Gasteiger partial charge in [0.25, 0.3) is 0 Å². The molecule has 1 aromatic carbocycles. The average Bonchev–Trinajstić information content (AvgIpc) is 2.34. The maximum atomic E-state index is 5.79. The Morgan fingerprint density at radius 1 is 1.24 bits per heavy atom. The summed E-state index contributed by atoms with van der Waals surface area (Å²) in [6, 6.07) is 6.23. The van der Waals surface area contributed by atoms with Crippen molar-refractivity contribution in [3.63, 3.8) is 0 Å². The predicted molar refractivity (Wildman–Crippen MR) is 75.1 cm³/mol. The molecule has 17 heavy (non-hydrogen) atoms. The van der Waals surface area contributed by atoms with Crippen LogP contribution in [0.25, 0.3) is 0 Å². The molecule has 0 spiro atoms. The van der Waals surface area contributed by atoms with E-state index in [-0.39, 0.29) is 0 Å². The van der Waals surface area contributed by atoms with Crippen LogP contribution in [-0.2, 0) is 6.54 Å². The maximum Gasteiger partial charge on any atom is 0.0343 e. The van der Waals surface area contributed by atoms with Crippen molar-refractivity contribution >= 4 is 5.69 Å². The van der Waals surface area contributed by atoms with Gasteiger partial charge in [0.15, 0.2) is 0 Å². The van der Waals surface area contributed by atoms with E-state index in [1.54, 1.807) is 0 Å². The zero-order valence-electron chi connectivity index (χ0n) is 11.3. The molecule has 0 aliphatic carbocycles. The number of nitrogens with zero attached hydrogens (tertiary/aromatic N) is 1. The van der Waals surface area contributed by atoms with Gasteiger partial charge in [-0.25, -0.2) is 0 Å². The highest BCUT2D eigenvalue weighted by molar-refractivity contribution is 5.47. The molecule has 96 valence electrons. The SMILES string of the molecule is CCN(CC)CCNCc1ccc(N)c(C)c1. The molecule has 3 nitrogen and oxygen atoms in total. The third-order valence-corrected chi connectivity index (χ3v) is 3.16. The standard InChI is InChI=1S/C14H25N3/c1-4-17(5-2)9-8-16-11-13-6-7-14(15)12(3)10-13/h6-7,10,16H,4-5,8-9,11,15H2,1-3H3. The molecule has 1 rings (SSSR count). The highest BCUT2D eigenvalue weighted by Gasteiger charge is 1.99. The first kappa shape index (κ1) is 14.0. The average molecular weight is 235 g/mol. The molecule has 3 N–H and O–H groups in total. The van der Waals surface area contributed by atoms with Crippen LogP contribution in [0, 0.1) is 6.92 Å². The summed E-state index contributed by atoms with van der Waals surface area (Å²) >= 11 is 0. The van der Waals surface area contributed by atoms with Gasteiger partial charge in [0.05, 0.1) is 0 Å². The molecule has 0 aliphatic heterocycles. The number of likely N-dealkylation sites (N-methyl/N-ethyl adjacent to an activating group) is 1. The van der Waals surface area contributed by atoms with E-state index in [9.17, 15) is 0 Å². The van der Waals surface area contributed by atoms with Gasteiger partial charge in [-0.05, 0) is 37.2 Å². The summed E-state index contributed by atoms with van der Waals surface area (Å²) in [5, 5.41) is 3.46. The van der Waals surface area contributed by atoms with E-state index in [4.69, 9.17) is 5.73 Å². The fraction of sp³-hybridized carbons (Fsp3) is 0.571. The minimum Gasteiger partial charge on any atom is -0.399 e. The van der Waals surface area contributed by atoms with Gasteiger partial charge in [0.1, 0.15) is 0 Å². The Morgan fingerprint density at radius 3 is 2.53 bits per heavy atom. The molecule has 0 fully saturated rings. The molecule has 3 heteroatoms. The minimum atomic E-state index is 0.872. The third-order valence-electron chi connectivity index (χ3n) is 3.16. The Morgan fingerprint density at radius 2 is 1.94 bits per heavy atom.